The Balaban J connectivity index is 2.70. The maximum Gasteiger partial charge on any atom is 0.228 e. The Labute approximate surface area is 133 Å². The zero-order chi connectivity index (χ0) is 15.3. The fourth-order valence-electron chi connectivity index (χ4n) is 3.20. The van der Waals surface area contributed by atoms with E-state index in [1.807, 2.05) is 0 Å². The Morgan fingerprint density at radius 3 is 1.80 bits per heavy atom. The zero-order valence-corrected chi connectivity index (χ0v) is 16.1. The summed E-state index contributed by atoms with van der Waals surface area (Å²) in [7, 11) is -1.81. The van der Waals surface area contributed by atoms with Gasteiger partial charge in [0, 0.05) is 11.0 Å². The smallest absolute Gasteiger partial charge is 0.228 e. The van der Waals surface area contributed by atoms with E-state index in [0.717, 1.165) is 11.0 Å². The molecule has 1 rings (SSSR count). The third-order valence-corrected chi connectivity index (χ3v) is 10.6. The summed E-state index contributed by atoms with van der Waals surface area (Å²) < 4.78 is 7.43. The molecule has 0 unspecified atom stereocenters. The monoisotopic (exact) mass is 357 g/mol. The van der Waals surface area contributed by atoms with E-state index in [4.69, 9.17) is 4.53 Å². The van der Waals surface area contributed by atoms with Gasteiger partial charge in [0.15, 0.2) is 0 Å². The summed E-state index contributed by atoms with van der Waals surface area (Å²) in [6.07, 6.45) is 0. The average Bonchev–Trinajstić information content (AvgIpc) is 2.35. The van der Waals surface area contributed by atoms with E-state index in [1.54, 1.807) is 0 Å². The van der Waals surface area contributed by atoms with Crippen LogP contribution in [0.5, 0.6) is 0 Å². The van der Waals surface area contributed by atoms with Crippen LogP contribution in [0.25, 0.3) is 0 Å². The highest BCUT2D eigenvalue weighted by Crippen LogP contribution is 2.41. The molecule has 0 saturated carbocycles. The molecule has 0 spiro atoms. The first-order valence-electron chi connectivity index (χ1n) is 7.46. The van der Waals surface area contributed by atoms with E-state index in [0.29, 0.717) is 16.6 Å². The summed E-state index contributed by atoms with van der Waals surface area (Å²) in [6, 6.07) is 8.36. The Kier molecular flexibility index (Phi) is 6.92. The van der Waals surface area contributed by atoms with Crippen LogP contribution in [0.15, 0.2) is 28.7 Å². The SMILES string of the molecule is CC(C)[Si](ONCc1ccc(Br)cc1)(C(C)C)C(C)C. The summed E-state index contributed by atoms with van der Waals surface area (Å²) in [5.41, 5.74) is 6.29. The van der Waals surface area contributed by atoms with Crippen LogP contribution in [0.1, 0.15) is 47.1 Å². The van der Waals surface area contributed by atoms with Crippen molar-refractivity contribution in [1.82, 2.24) is 5.48 Å². The summed E-state index contributed by atoms with van der Waals surface area (Å²) in [5, 5.41) is 0. The minimum atomic E-state index is -1.81. The predicted octanol–water partition coefficient (Wildman–Crippen LogP) is 5.65. The molecule has 0 radical (unpaired) electrons. The lowest BCUT2D eigenvalue weighted by atomic mass is 10.2. The molecule has 2 nitrogen and oxygen atoms in total. The van der Waals surface area contributed by atoms with Gasteiger partial charge >= 0.3 is 0 Å². The summed E-state index contributed by atoms with van der Waals surface area (Å²) in [5.74, 6) is 0. The molecule has 20 heavy (non-hydrogen) atoms. The number of hydrogen-bond donors (Lipinski definition) is 1. The lowest BCUT2D eigenvalue weighted by molar-refractivity contribution is 0.160. The summed E-state index contributed by atoms with van der Waals surface area (Å²) >= 11 is 3.46. The van der Waals surface area contributed by atoms with Crippen molar-refractivity contribution in [2.24, 2.45) is 0 Å². The lowest BCUT2D eigenvalue weighted by Crippen LogP contribution is -2.51. The first kappa shape index (κ1) is 17.9. The molecule has 0 aliphatic rings. The van der Waals surface area contributed by atoms with Crippen LogP contribution < -0.4 is 5.48 Å². The standard InChI is InChI=1S/C16H28BrNOSi/c1-12(2)20(13(3)4,14(5)6)19-18-11-15-7-9-16(17)10-8-15/h7-10,12-14,18H,11H2,1-6H3. The molecule has 0 aliphatic heterocycles. The van der Waals surface area contributed by atoms with Crippen molar-refractivity contribution in [1.29, 1.82) is 0 Å². The van der Waals surface area contributed by atoms with Crippen LogP contribution >= 0.6 is 15.9 Å². The van der Waals surface area contributed by atoms with Gasteiger partial charge in [0.1, 0.15) is 0 Å². The fourth-order valence-corrected chi connectivity index (χ4v) is 8.49. The molecule has 0 aliphatic carbocycles. The summed E-state index contributed by atoms with van der Waals surface area (Å²) in [6.45, 7) is 14.6. The fraction of sp³-hybridized carbons (Fsp3) is 0.625. The molecular formula is C16H28BrNOSi. The second kappa shape index (κ2) is 7.73. The van der Waals surface area contributed by atoms with E-state index >= 15 is 0 Å². The maximum atomic E-state index is 6.33. The van der Waals surface area contributed by atoms with Gasteiger partial charge in [0.2, 0.25) is 8.32 Å². The van der Waals surface area contributed by atoms with Crippen LogP contribution in [0.3, 0.4) is 0 Å². The van der Waals surface area contributed by atoms with Crippen LogP contribution in [0.4, 0.5) is 0 Å². The van der Waals surface area contributed by atoms with Gasteiger partial charge in [-0.2, -0.15) is 0 Å². The van der Waals surface area contributed by atoms with Gasteiger partial charge < -0.3 is 4.53 Å². The van der Waals surface area contributed by atoms with E-state index in [2.05, 4.69) is 87.2 Å². The van der Waals surface area contributed by atoms with Crippen LogP contribution in [0, 0.1) is 0 Å². The molecule has 0 atom stereocenters. The second-order valence-corrected chi connectivity index (χ2v) is 12.7. The molecule has 0 amide bonds. The van der Waals surface area contributed by atoms with Crippen molar-refractivity contribution < 1.29 is 4.53 Å². The van der Waals surface area contributed by atoms with Crippen molar-refractivity contribution in [3.05, 3.63) is 34.3 Å². The van der Waals surface area contributed by atoms with Gasteiger partial charge in [-0.25, -0.2) is 5.48 Å². The molecule has 114 valence electrons. The average molecular weight is 358 g/mol. The Morgan fingerprint density at radius 2 is 1.40 bits per heavy atom. The van der Waals surface area contributed by atoms with E-state index in [1.165, 1.54) is 5.56 Å². The third-order valence-electron chi connectivity index (χ3n) is 4.15. The van der Waals surface area contributed by atoms with Gasteiger partial charge in [-0.3, -0.25) is 0 Å². The molecule has 0 saturated heterocycles. The minimum absolute atomic E-state index is 0.597. The number of rotatable bonds is 7. The van der Waals surface area contributed by atoms with Gasteiger partial charge in [0.05, 0.1) is 0 Å². The molecule has 0 heterocycles. The molecule has 1 aromatic rings. The van der Waals surface area contributed by atoms with Crippen molar-refractivity contribution >= 4 is 24.2 Å². The van der Waals surface area contributed by atoms with Crippen LogP contribution in [0.2, 0.25) is 16.6 Å². The molecule has 4 heteroatoms. The minimum Gasteiger partial charge on any atom is -0.344 e. The number of halogens is 1. The molecule has 1 N–H and O–H groups in total. The van der Waals surface area contributed by atoms with Crippen LogP contribution in [-0.4, -0.2) is 8.32 Å². The largest absolute Gasteiger partial charge is 0.344 e. The maximum absolute atomic E-state index is 6.33. The summed E-state index contributed by atoms with van der Waals surface area (Å²) in [4.78, 5) is 0. The van der Waals surface area contributed by atoms with Gasteiger partial charge in [-0.05, 0) is 34.3 Å². The number of nitrogens with one attached hydrogen (secondary N) is 1. The molecular weight excluding hydrogens is 330 g/mol. The number of hydroxylamine groups is 1. The van der Waals surface area contributed by atoms with E-state index in [9.17, 15) is 0 Å². The Morgan fingerprint density at radius 1 is 0.950 bits per heavy atom. The normalized spacial score (nSPS) is 12.7. The zero-order valence-electron chi connectivity index (χ0n) is 13.5. The Hall–Kier alpha value is -0.163. The molecule has 0 bridgehead atoms. The van der Waals surface area contributed by atoms with Crippen molar-refractivity contribution in [3.63, 3.8) is 0 Å². The van der Waals surface area contributed by atoms with Gasteiger partial charge in [-0.1, -0.05) is 69.6 Å². The highest BCUT2D eigenvalue weighted by molar-refractivity contribution is 9.10. The first-order valence-corrected chi connectivity index (χ1v) is 10.4. The molecule has 0 aromatic heterocycles. The topological polar surface area (TPSA) is 21.3 Å². The van der Waals surface area contributed by atoms with Gasteiger partial charge in [-0.15, -0.1) is 0 Å². The predicted molar refractivity (Wildman–Crippen MR) is 93.1 cm³/mol. The van der Waals surface area contributed by atoms with Crippen LogP contribution in [-0.2, 0) is 11.1 Å². The number of hydrogen-bond acceptors (Lipinski definition) is 2. The van der Waals surface area contributed by atoms with Crippen molar-refractivity contribution in [2.45, 2.75) is 64.7 Å². The van der Waals surface area contributed by atoms with Crippen molar-refractivity contribution in [3.8, 4) is 0 Å². The lowest BCUT2D eigenvalue weighted by Gasteiger charge is -2.41. The van der Waals surface area contributed by atoms with Crippen molar-refractivity contribution in [2.75, 3.05) is 0 Å². The Bertz CT molecular complexity index is 382. The second-order valence-electron chi connectivity index (χ2n) is 6.37. The van der Waals surface area contributed by atoms with E-state index < -0.39 is 8.32 Å². The van der Waals surface area contributed by atoms with Gasteiger partial charge in [0.25, 0.3) is 0 Å². The quantitative estimate of drug-likeness (QED) is 0.503. The number of benzene rings is 1. The third kappa shape index (κ3) is 4.17. The molecule has 0 fully saturated rings. The first-order chi connectivity index (χ1) is 9.30. The van der Waals surface area contributed by atoms with E-state index in [-0.39, 0.29) is 0 Å². The highest BCUT2D eigenvalue weighted by Gasteiger charge is 2.45. The highest BCUT2D eigenvalue weighted by atomic mass is 79.9. The molecule has 1 aromatic carbocycles.